The number of ketones is 1. The second-order valence-electron chi connectivity index (χ2n) is 4.80. The SMILES string of the molecule is Cc1ccc(NC(=O)c2c[nH]c3c2C(=O)CC3)cc1. The van der Waals surface area contributed by atoms with E-state index in [1.807, 2.05) is 31.2 Å². The third-order valence-corrected chi connectivity index (χ3v) is 3.40. The summed E-state index contributed by atoms with van der Waals surface area (Å²) < 4.78 is 0. The zero-order chi connectivity index (χ0) is 13.4. The van der Waals surface area contributed by atoms with Gasteiger partial charge in [0.1, 0.15) is 0 Å². The molecule has 1 amide bonds. The van der Waals surface area contributed by atoms with Gasteiger partial charge in [-0.2, -0.15) is 0 Å². The van der Waals surface area contributed by atoms with Crippen molar-refractivity contribution in [1.29, 1.82) is 0 Å². The fraction of sp³-hybridized carbons (Fsp3) is 0.200. The number of aromatic amines is 1. The van der Waals surface area contributed by atoms with Crippen molar-refractivity contribution in [3.8, 4) is 0 Å². The van der Waals surface area contributed by atoms with E-state index in [1.165, 1.54) is 0 Å². The molecule has 0 aliphatic heterocycles. The van der Waals surface area contributed by atoms with Crippen LogP contribution in [0.15, 0.2) is 30.5 Å². The molecule has 1 aromatic carbocycles. The number of nitrogens with one attached hydrogen (secondary N) is 2. The summed E-state index contributed by atoms with van der Waals surface area (Å²) in [5.41, 5.74) is 3.74. The van der Waals surface area contributed by atoms with E-state index in [4.69, 9.17) is 0 Å². The number of rotatable bonds is 2. The van der Waals surface area contributed by atoms with E-state index in [0.717, 1.165) is 16.9 Å². The van der Waals surface area contributed by atoms with E-state index in [2.05, 4.69) is 10.3 Å². The van der Waals surface area contributed by atoms with Crippen molar-refractivity contribution in [2.45, 2.75) is 19.8 Å². The maximum atomic E-state index is 12.2. The molecule has 4 nitrogen and oxygen atoms in total. The second kappa shape index (κ2) is 4.39. The molecular weight excluding hydrogens is 240 g/mol. The Morgan fingerprint density at radius 3 is 2.68 bits per heavy atom. The topological polar surface area (TPSA) is 62.0 Å². The van der Waals surface area contributed by atoms with Crippen LogP contribution in [-0.4, -0.2) is 16.7 Å². The van der Waals surface area contributed by atoms with Crippen LogP contribution in [0.3, 0.4) is 0 Å². The van der Waals surface area contributed by atoms with Crippen molar-refractivity contribution in [3.63, 3.8) is 0 Å². The van der Waals surface area contributed by atoms with Gasteiger partial charge in [-0.15, -0.1) is 0 Å². The van der Waals surface area contributed by atoms with E-state index in [1.54, 1.807) is 6.20 Å². The van der Waals surface area contributed by atoms with E-state index in [-0.39, 0.29) is 11.7 Å². The Morgan fingerprint density at radius 2 is 1.95 bits per heavy atom. The van der Waals surface area contributed by atoms with Crippen LogP contribution in [0.5, 0.6) is 0 Å². The Kier molecular flexibility index (Phi) is 2.71. The number of hydrogen-bond acceptors (Lipinski definition) is 2. The molecule has 19 heavy (non-hydrogen) atoms. The fourth-order valence-corrected chi connectivity index (χ4v) is 2.36. The number of fused-ring (bicyclic) bond motifs is 1. The number of benzene rings is 1. The summed E-state index contributed by atoms with van der Waals surface area (Å²) in [4.78, 5) is 26.9. The van der Waals surface area contributed by atoms with Gasteiger partial charge in [-0.1, -0.05) is 17.7 Å². The predicted octanol–water partition coefficient (Wildman–Crippen LogP) is 2.70. The van der Waals surface area contributed by atoms with Crippen LogP contribution in [0.4, 0.5) is 5.69 Å². The van der Waals surface area contributed by atoms with Crippen LogP contribution in [0.2, 0.25) is 0 Å². The van der Waals surface area contributed by atoms with Crippen LogP contribution < -0.4 is 5.32 Å². The first-order valence-corrected chi connectivity index (χ1v) is 6.26. The average Bonchev–Trinajstić information content (AvgIpc) is 2.96. The number of carbonyl (C=O) groups is 2. The lowest BCUT2D eigenvalue weighted by atomic mass is 10.1. The Hall–Kier alpha value is -2.36. The molecule has 0 spiro atoms. The van der Waals surface area contributed by atoms with E-state index in [0.29, 0.717) is 24.0 Å². The molecule has 0 saturated heterocycles. The molecule has 1 aliphatic carbocycles. The summed E-state index contributed by atoms with van der Waals surface area (Å²) in [5.74, 6) is -0.193. The van der Waals surface area contributed by atoms with Crippen LogP contribution in [0, 0.1) is 6.92 Å². The van der Waals surface area contributed by atoms with Crippen molar-refractivity contribution >= 4 is 17.4 Å². The van der Waals surface area contributed by atoms with Crippen molar-refractivity contribution in [2.75, 3.05) is 5.32 Å². The molecule has 2 aromatic rings. The number of aryl methyl sites for hydroxylation is 2. The van der Waals surface area contributed by atoms with Gasteiger partial charge in [0.25, 0.3) is 5.91 Å². The summed E-state index contributed by atoms with van der Waals surface area (Å²) in [5, 5.41) is 2.81. The maximum absolute atomic E-state index is 12.2. The highest BCUT2D eigenvalue weighted by molar-refractivity contribution is 6.14. The molecule has 0 atom stereocenters. The smallest absolute Gasteiger partial charge is 0.257 e. The van der Waals surface area contributed by atoms with Crippen molar-refractivity contribution in [1.82, 2.24) is 4.98 Å². The summed E-state index contributed by atoms with van der Waals surface area (Å²) in [6.45, 7) is 1.99. The van der Waals surface area contributed by atoms with Gasteiger partial charge in [-0.25, -0.2) is 0 Å². The molecule has 0 radical (unpaired) electrons. The van der Waals surface area contributed by atoms with E-state index < -0.39 is 0 Å². The Bertz CT molecular complexity index is 653. The van der Waals surface area contributed by atoms with Gasteiger partial charge < -0.3 is 10.3 Å². The lowest BCUT2D eigenvalue weighted by Gasteiger charge is -2.05. The van der Waals surface area contributed by atoms with E-state index >= 15 is 0 Å². The fourth-order valence-electron chi connectivity index (χ4n) is 2.36. The Labute approximate surface area is 110 Å². The number of carbonyl (C=O) groups excluding carboxylic acids is 2. The molecule has 0 saturated carbocycles. The maximum Gasteiger partial charge on any atom is 0.257 e. The molecule has 96 valence electrons. The molecule has 4 heteroatoms. The Balaban J connectivity index is 1.85. The van der Waals surface area contributed by atoms with Crippen LogP contribution >= 0.6 is 0 Å². The zero-order valence-electron chi connectivity index (χ0n) is 10.6. The highest BCUT2D eigenvalue weighted by Gasteiger charge is 2.27. The first-order chi connectivity index (χ1) is 9.15. The van der Waals surface area contributed by atoms with Crippen LogP contribution in [0.1, 0.15) is 38.4 Å². The molecule has 1 heterocycles. The lowest BCUT2D eigenvalue weighted by Crippen LogP contribution is -2.14. The van der Waals surface area contributed by atoms with Crippen LogP contribution in [0.25, 0.3) is 0 Å². The highest BCUT2D eigenvalue weighted by atomic mass is 16.2. The van der Waals surface area contributed by atoms with Crippen molar-refractivity contribution in [3.05, 3.63) is 52.8 Å². The summed E-state index contributed by atoms with van der Waals surface area (Å²) >= 11 is 0. The monoisotopic (exact) mass is 254 g/mol. The van der Waals surface area contributed by atoms with Crippen LogP contribution in [-0.2, 0) is 6.42 Å². The number of aromatic nitrogens is 1. The lowest BCUT2D eigenvalue weighted by molar-refractivity contribution is 0.0975. The molecule has 0 bridgehead atoms. The predicted molar refractivity (Wildman–Crippen MR) is 72.6 cm³/mol. The third kappa shape index (κ3) is 2.05. The summed E-state index contributed by atoms with van der Waals surface area (Å²) in [7, 11) is 0. The minimum atomic E-state index is -0.239. The largest absolute Gasteiger partial charge is 0.364 e. The van der Waals surface area contributed by atoms with Gasteiger partial charge >= 0.3 is 0 Å². The molecule has 0 unspecified atom stereocenters. The van der Waals surface area contributed by atoms with Gasteiger partial charge in [0.05, 0.1) is 11.1 Å². The second-order valence-corrected chi connectivity index (χ2v) is 4.80. The molecular formula is C15H14N2O2. The number of Topliss-reactive ketones (excluding diaryl/α,β-unsaturated/α-hetero) is 1. The normalized spacial score (nSPS) is 13.4. The van der Waals surface area contributed by atoms with Crippen molar-refractivity contribution in [2.24, 2.45) is 0 Å². The molecule has 0 fully saturated rings. The molecule has 1 aliphatic rings. The van der Waals surface area contributed by atoms with Gasteiger partial charge in [-0.3, -0.25) is 9.59 Å². The first-order valence-electron chi connectivity index (χ1n) is 6.26. The minimum absolute atomic E-state index is 0.0466. The first kappa shape index (κ1) is 11.7. The van der Waals surface area contributed by atoms with Gasteiger partial charge in [0.2, 0.25) is 0 Å². The number of H-pyrrole nitrogens is 1. The van der Waals surface area contributed by atoms with Gasteiger partial charge in [0, 0.05) is 24.0 Å². The van der Waals surface area contributed by atoms with Gasteiger partial charge in [-0.05, 0) is 25.5 Å². The zero-order valence-corrected chi connectivity index (χ0v) is 10.6. The van der Waals surface area contributed by atoms with Crippen molar-refractivity contribution < 1.29 is 9.59 Å². The molecule has 2 N–H and O–H groups in total. The van der Waals surface area contributed by atoms with E-state index in [9.17, 15) is 9.59 Å². The number of amides is 1. The third-order valence-electron chi connectivity index (χ3n) is 3.40. The van der Waals surface area contributed by atoms with Gasteiger partial charge in [0.15, 0.2) is 5.78 Å². The molecule has 3 rings (SSSR count). The quantitative estimate of drug-likeness (QED) is 0.865. The minimum Gasteiger partial charge on any atom is -0.364 e. The standard InChI is InChI=1S/C15H14N2O2/c1-9-2-4-10(5-3-9)17-15(19)11-8-16-12-6-7-13(18)14(11)12/h2-5,8,16H,6-7H2,1H3,(H,17,19). The number of anilines is 1. The Morgan fingerprint density at radius 1 is 1.21 bits per heavy atom. The highest BCUT2D eigenvalue weighted by Crippen LogP contribution is 2.25. The average molecular weight is 254 g/mol. The summed E-state index contributed by atoms with van der Waals surface area (Å²) in [6.07, 6.45) is 2.81. The number of hydrogen-bond donors (Lipinski definition) is 2. The summed E-state index contributed by atoms with van der Waals surface area (Å²) in [6, 6.07) is 7.56. The molecule has 1 aromatic heterocycles.